The second-order valence-electron chi connectivity index (χ2n) is 6.91. The number of halogens is 2. The van der Waals surface area contributed by atoms with Crippen LogP contribution in [0.2, 0.25) is 10.0 Å². The van der Waals surface area contributed by atoms with Gasteiger partial charge in [-0.2, -0.15) is 5.10 Å². The number of hydrogen-bond acceptors (Lipinski definition) is 7. The molecule has 0 saturated carbocycles. The fraction of sp³-hybridized carbons (Fsp3) is 0.273. The van der Waals surface area contributed by atoms with Crippen molar-refractivity contribution >= 4 is 74.6 Å². The van der Waals surface area contributed by atoms with E-state index in [-0.39, 0.29) is 23.9 Å². The highest BCUT2D eigenvalue weighted by atomic mass is 35.5. The Balaban J connectivity index is 1.75. The number of hydrogen-bond donors (Lipinski definition) is 2. The molecule has 0 radical (unpaired) electrons. The number of thiophene rings is 1. The van der Waals surface area contributed by atoms with Gasteiger partial charge < -0.3 is 20.1 Å². The fourth-order valence-electron chi connectivity index (χ4n) is 3.03. The summed E-state index contributed by atoms with van der Waals surface area (Å²) in [5, 5.41) is 12.1. The molecule has 0 aliphatic carbocycles. The van der Waals surface area contributed by atoms with E-state index in [0.29, 0.717) is 37.8 Å². The first-order valence-electron chi connectivity index (χ1n) is 10.3. The van der Waals surface area contributed by atoms with E-state index >= 15 is 0 Å². The SMILES string of the molecule is CCOC(=O)c1sc(NC(=S)Nc2ccn(Cc3ccc(Cl)cc3Cl)n2)c(C(=O)OCC)c1C. The molecule has 2 aromatic heterocycles. The Morgan fingerprint density at radius 1 is 1.12 bits per heavy atom. The maximum Gasteiger partial charge on any atom is 0.348 e. The molecule has 0 saturated heterocycles. The molecule has 2 N–H and O–H groups in total. The molecule has 12 heteroatoms. The van der Waals surface area contributed by atoms with Crippen molar-refractivity contribution < 1.29 is 19.1 Å². The van der Waals surface area contributed by atoms with E-state index in [4.69, 9.17) is 44.9 Å². The van der Waals surface area contributed by atoms with Gasteiger partial charge in [0.05, 0.1) is 25.3 Å². The molecule has 180 valence electrons. The van der Waals surface area contributed by atoms with Crippen molar-refractivity contribution in [2.45, 2.75) is 27.3 Å². The third-order valence-electron chi connectivity index (χ3n) is 4.54. The van der Waals surface area contributed by atoms with Crippen molar-refractivity contribution in [1.29, 1.82) is 0 Å². The highest BCUT2D eigenvalue weighted by Gasteiger charge is 2.27. The van der Waals surface area contributed by atoms with E-state index in [1.165, 1.54) is 0 Å². The van der Waals surface area contributed by atoms with Crippen molar-refractivity contribution in [1.82, 2.24) is 9.78 Å². The molecule has 2 heterocycles. The van der Waals surface area contributed by atoms with Gasteiger partial charge >= 0.3 is 11.9 Å². The van der Waals surface area contributed by atoms with Gasteiger partial charge in [0.1, 0.15) is 9.88 Å². The highest BCUT2D eigenvalue weighted by Crippen LogP contribution is 2.34. The van der Waals surface area contributed by atoms with Gasteiger partial charge in [0.2, 0.25) is 0 Å². The summed E-state index contributed by atoms with van der Waals surface area (Å²) in [6.45, 7) is 5.94. The van der Waals surface area contributed by atoms with Crippen LogP contribution >= 0.6 is 46.8 Å². The molecule has 8 nitrogen and oxygen atoms in total. The van der Waals surface area contributed by atoms with E-state index in [1.807, 2.05) is 6.07 Å². The number of benzene rings is 1. The molecular weight excluding hydrogens is 519 g/mol. The molecule has 0 atom stereocenters. The number of aromatic nitrogens is 2. The molecular formula is C22H22Cl2N4O4S2. The van der Waals surface area contributed by atoms with Crippen LogP contribution in [0.1, 0.15) is 45.0 Å². The van der Waals surface area contributed by atoms with Gasteiger partial charge in [-0.3, -0.25) is 4.68 Å². The fourth-order valence-corrected chi connectivity index (χ4v) is 4.87. The Bertz CT molecular complexity index is 1230. The van der Waals surface area contributed by atoms with Crippen LogP contribution in [0, 0.1) is 6.92 Å². The number of rotatable bonds is 8. The maximum absolute atomic E-state index is 12.5. The Hall–Kier alpha value is -2.66. The molecule has 1 aromatic carbocycles. The van der Waals surface area contributed by atoms with Crippen molar-refractivity contribution in [3.8, 4) is 0 Å². The highest BCUT2D eigenvalue weighted by molar-refractivity contribution is 7.80. The van der Waals surface area contributed by atoms with Crippen molar-refractivity contribution in [2.24, 2.45) is 0 Å². The van der Waals surface area contributed by atoms with Gasteiger partial charge in [-0.1, -0.05) is 29.3 Å². The third kappa shape index (κ3) is 6.26. The lowest BCUT2D eigenvalue weighted by Crippen LogP contribution is -2.20. The Morgan fingerprint density at radius 2 is 1.82 bits per heavy atom. The van der Waals surface area contributed by atoms with Gasteiger partial charge in [0.15, 0.2) is 10.9 Å². The van der Waals surface area contributed by atoms with Gasteiger partial charge in [0.25, 0.3) is 0 Å². The standard InChI is InChI=1S/C22H22Cl2N4O4S2/c1-4-31-20(29)17-12(3)18(21(30)32-5-2)34-19(17)26-22(33)25-16-8-9-28(27-16)11-13-6-7-14(23)10-15(13)24/h6-10H,4-5,11H2,1-3H3,(H2,25,26,27,33). The maximum atomic E-state index is 12.5. The largest absolute Gasteiger partial charge is 0.462 e. The Kier molecular flexibility index (Phi) is 8.90. The number of nitrogens with one attached hydrogen (secondary N) is 2. The minimum atomic E-state index is -0.554. The topological polar surface area (TPSA) is 94.5 Å². The van der Waals surface area contributed by atoms with E-state index in [1.54, 1.807) is 49.8 Å². The zero-order valence-corrected chi connectivity index (χ0v) is 21.8. The normalized spacial score (nSPS) is 10.6. The lowest BCUT2D eigenvalue weighted by atomic mass is 10.1. The minimum Gasteiger partial charge on any atom is -0.462 e. The summed E-state index contributed by atoms with van der Waals surface area (Å²) >= 11 is 18.7. The molecule has 3 aromatic rings. The van der Waals surface area contributed by atoms with Crippen LogP contribution in [-0.4, -0.2) is 40.0 Å². The summed E-state index contributed by atoms with van der Waals surface area (Å²) in [4.78, 5) is 25.2. The van der Waals surface area contributed by atoms with Gasteiger partial charge in [0, 0.05) is 22.3 Å². The van der Waals surface area contributed by atoms with Crippen LogP contribution in [-0.2, 0) is 16.0 Å². The van der Waals surface area contributed by atoms with Crippen molar-refractivity contribution in [3.05, 3.63) is 62.1 Å². The van der Waals surface area contributed by atoms with E-state index in [9.17, 15) is 9.59 Å². The third-order valence-corrected chi connectivity index (χ3v) is 6.52. The van der Waals surface area contributed by atoms with Crippen LogP contribution in [0.25, 0.3) is 0 Å². The minimum absolute atomic E-state index is 0.192. The van der Waals surface area contributed by atoms with Crippen molar-refractivity contribution in [3.63, 3.8) is 0 Å². The number of nitrogens with zero attached hydrogens (tertiary/aromatic N) is 2. The number of carbonyl (C=O) groups excluding carboxylic acids is 2. The number of esters is 2. The second kappa shape index (κ2) is 11.7. The molecule has 3 rings (SSSR count). The summed E-state index contributed by atoms with van der Waals surface area (Å²) in [6, 6.07) is 7.02. The molecule has 0 bridgehead atoms. The molecule has 0 aliphatic rings. The van der Waals surface area contributed by atoms with Gasteiger partial charge in [-0.25, -0.2) is 9.59 Å². The average molecular weight is 541 g/mol. The number of carbonyl (C=O) groups is 2. The molecule has 0 unspecified atom stereocenters. The molecule has 0 aliphatic heterocycles. The smallest absolute Gasteiger partial charge is 0.348 e. The second-order valence-corrected chi connectivity index (χ2v) is 9.19. The molecule has 0 spiro atoms. The lowest BCUT2D eigenvalue weighted by molar-refractivity contribution is 0.0527. The van der Waals surface area contributed by atoms with Crippen LogP contribution in [0.4, 0.5) is 10.8 Å². The summed E-state index contributed by atoms with van der Waals surface area (Å²) in [5.74, 6) is -0.581. The zero-order valence-electron chi connectivity index (χ0n) is 18.6. The predicted molar refractivity (Wildman–Crippen MR) is 139 cm³/mol. The quantitative estimate of drug-likeness (QED) is 0.274. The number of ether oxygens (including phenoxy) is 2. The summed E-state index contributed by atoms with van der Waals surface area (Å²) in [6.07, 6.45) is 1.77. The molecule has 34 heavy (non-hydrogen) atoms. The van der Waals surface area contributed by atoms with Crippen LogP contribution in [0.3, 0.4) is 0 Å². The Labute approximate surface area is 216 Å². The monoisotopic (exact) mass is 540 g/mol. The van der Waals surface area contributed by atoms with Gasteiger partial charge in [-0.05, 0) is 56.2 Å². The first-order valence-corrected chi connectivity index (χ1v) is 12.2. The zero-order chi connectivity index (χ0) is 24.8. The van der Waals surface area contributed by atoms with E-state index in [0.717, 1.165) is 16.9 Å². The van der Waals surface area contributed by atoms with E-state index in [2.05, 4.69) is 15.7 Å². The summed E-state index contributed by atoms with van der Waals surface area (Å²) < 4.78 is 11.9. The Morgan fingerprint density at radius 3 is 2.50 bits per heavy atom. The number of anilines is 2. The van der Waals surface area contributed by atoms with Crippen LogP contribution in [0.15, 0.2) is 30.5 Å². The molecule has 0 fully saturated rings. The predicted octanol–water partition coefficient (Wildman–Crippen LogP) is 5.77. The van der Waals surface area contributed by atoms with Crippen molar-refractivity contribution in [2.75, 3.05) is 23.8 Å². The molecule has 0 amide bonds. The number of thiocarbonyl (C=S) groups is 1. The van der Waals surface area contributed by atoms with Crippen LogP contribution < -0.4 is 10.6 Å². The van der Waals surface area contributed by atoms with Gasteiger partial charge in [-0.15, -0.1) is 11.3 Å². The van der Waals surface area contributed by atoms with Crippen LogP contribution in [0.5, 0.6) is 0 Å². The lowest BCUT2D eigenvalue weighted by Gasteiger charge is -2.09. The summed E-state index contributed by atoms with van der Waals surface area (Å²) in [7, 11) is 0. The summed E-state index contributed by atoms with van der Waals surface area (Å²) in [5.41, 5.74) is 1.57. The average Bonchev–Trinajstić information content (AvgIpc) is 3.34. The van der Waals surface area contributed by atoms with E-state index < -0.39 is 11.9 Å². The first-order chi connectivity index (χ1) is 16.2. The first kappa shape index (κ1) is 26.0.